The summed E-state index contributed by atoms with van der Waals surface area (Å²) in [5, 5.41) is 0. The van der Waals surface area contributed by atoms with E-state index in [2.05, 4.69) is 43.2 Å². The Hall–Kier alpha value is -1.35. The monoisotopic (exact) mass is 221 g/mol. The third-order valence-electron chi connectivity index (χ3n) is 2.40. The molecule has 1 aromatic carbocycles. The quantitative estimate of drug-likeness (QED) is 0.795. The SMILES string of the molecule is CONC(=O)Cc1ccc(C(C)(C)C)cc1. The number of hydrogen-bond donors (Lipinski definition) is 1. The van der Waals surface area contributed by atoms with E-state index in [0.29, 0.717) is 6.42 Å². The van der Waals surface area contributed by atoms with Crippen LogP contribution in [-0.2, 0) is 21.5 Å². The Kier molecular flexibility index (Phi) is 4.07. The van der Waals surface area contributed by atoms with Gasteiger partial charge in [-0.15, -0.1) is 0 Å². The van der Waals surface area contributed by atoms with Crippen molar-refractivity contribution in [2.45, 2.75) is 32.6 Å². The maximum Gasteiger partial charge on any atom is 0.247 e. The Bertz CT molecular complexity index is 349. The molecular formula is C13H19NO2. The number of benzene rings is 1. The van der Waals surface area contributed by atoms with Gasteiger partial charge < -0.3 is 0 Å². The zero-order chi connectivity index (χ0) is 12.2. The van der Waals surface area contributed by atoms with Crippen LogP contribution in [0.15, 0.2) is 24.3 Å². The highest BCUT2D eigenvalue weighted by Gasteiger charge is 2.13. The first kappa shape index (κ1) is 12.7. The summed E-state index contributed by atoms with van der Waals surface area (Å²) in [5.74, 6) is -0.133. The van der Waals surface area contributed by atoms with Crippen LogP contribution in [0.4, 0.5) is 0 Å². The summed E-state index contributed by atoms with van der Waals surface area (Å²) >= 11 is 0. The van der Waals surface area contributed by atoms with E-state index in [1.807, 2.05) is 12.1 Å². The van der Waals surface area contributed by atoms with Gasteiger partial charge in [0, 0.05) is 0 Å². The van der Waals surface area contributed by atoms with Crippen LogP contribution >= 0.6 is 0 Å². The lowest BCUT2D eigenvalue weighted by molar-refractivity contribution is -0.130. The average molecular weight is 221 g/mol. The topological polar surface area (TPSA) is 38.3 Å². The molecule has 0 spiro atoms. The third-order valence-corrected chi connectivity index (χ3v) is 2.40. The zero-order valence-electron chi connectivity index (χ0n) is 10.3. The van der Waals surface area contributed by atoms with Crippen LogP contribution in [-0.4, -0.2) is 13.0 Å². The molecule has 0 heterocycles. The summed E-state index contributed by atoms with van der Waals surface area (Å²) in [6, 6.07) is 8.09. The van der Waals surface area contributed by atoms with E-state index in [-0.39, 0.29) is 11.3 Å². The van der Waals surface area contributed by atoms with E-state index in [4.69, 9.17) is 0 Å². The van der Waals surface area contributed by atoms with Crippen LogP contribution in [0.1, 0.15) is 31.9 Å². The van der Waals surface area contributed by atoms with Crippen molar-refractivity contribution in [3.63, 3.8) is 0 Å². The molecule has 0 fully saturated rings. The zero-order valence-corrected chi connectivity index (χ0v) is 10.3. The fourth-order valence-electron chi connectivity index (χ4n) is 1.46. The first-order chi connectivity index (χ1) is 7.43. The largest absolute Gasteiger partial charge is 0.277 e. The molecule has 0 saturated heterocycles. The highest BCUT2D eigenvalue weighted by molar-refractivity contribution is 5.77. The summed E-state index contributed by atoms with van der Waals surface area (Å²) in [5.41, 5.74) is 4.70. The van der Waals surface area contributed by atoms with Crippen molar-refractivity contribution in [2.24, 2.45) is 0 Å². The predicted molar refractivity (Wildman–Crippen MR) is 64.0 cm³/mol. The minimum absolute atomic E-state index is 0.133. The van der Waals surface area contributed by atoms with Crippen molar-refractivity contribution in [2.75, 3.05) is 7.11 Å². The second-order valence-electron chi connectivity index (χ2n) is 4.85. The van der Waals surface area contributed by atoms with Crippen molar-refractivity contribution in [1.82, 2.24) is 5.48 Å². The van der Waals surface area contributed by atoms with Gasteiger partial charge in [0.2, 0.25) is 5.91 Å². The van der Waals surface area contributed by atoms with Gasteiger partial charge in [-0.25, -0.2) is 5.48 Å². The fraction of sp³-hybridized carbons (Fsp3) is 0.462. The molecule has 0 aliphatic carbocycles. The van der Waals surface area contributed by atoms with Gasteiger partial charge in [-0.05, 0) is 16.5 Å². The van der Waals surface area contributed by atoms with E-state index in [1.165, 1.54) is 12.7 Å². The highest BCUT2D eigenvalue weighted by atomic mass is 16.6. The van der Waals surface area contributed by atoms with Gasteiger partial charge in [0.05, 0.1) is 13.5 Å². The average Bonchev–Trinajstić information content (AvgIpc) is 2.17. The van der Waals surface area contributed by atoms with Crippen molar-refractivity contribution < 1.29 is 9.63 Å². The molecule has 0 saturated carbocycles. The number of rotatable bonds is 3. The first-order valence-corrected chi connectivity index (χ1v) is 5.34. The summed E-state index contributed by atoms with van der Waals surface area (Å²) in [4.78, 5) is 15.8. The summed E-state index contributed by atoms with van der Waals surface area (Å²) < 4.78 is 0. The van der Waals surface area contributed by atoms with Crippen molar-refractivity contribution in [3.05, 3.63) is 35.4 Å². The van der Waals surface area contributed by atoms with Crippen LogP contribution in [0.5, 0.6) is 0 Å². The minimum Gasteiger partial charge on any atom is -0.277 e. The predicted octanol–water partition coefficient (Wildman–Crippen LogP) is 2.20. The molecule has 0 radical (unpaired) electrons. The molecule has 16 heavy (non-hydrogen) atoms. The van der Waals surface area contributed by atoms with Gasteiger partial charge in [0.1, 0.15) is 0 Å². The van der Waals surface area contributed by atoms with Crippen molar-refractivity contribution in [3.8, 4) is 0 Å². The molecule has 0 atom stereocenters. The molecule has 0 aliphatic heterocycles. The molecule has 0 bridgehead atoms. The molecule has 3 nitrogen and oxygen atoms in total. The van der Waals surface area contributed by atoms with Crippen LogP contribution in [0.3, 0.4) is 0 Å². The number of carbonyl (C=O) groups is 1. The van der Waals surface area contributed by atoms with Crippen LogP contribution in [0, 0.1) is 0 Å². The molecule has 88 valence electrons. The van der Waals surface area contributed by atoms with Crippen molar-refractivity contribution in [1.29, 1.82) is 0 Å². The van der Waals surface area contributed by atoms with E-state index < -0.39 is 0 Å². The van der Waals surface area contributed by atoms with E-state index >= 15 is 0 Å². The van der Waals surface area contributed by atoms with E-state index in [9.17, 15) is 4.79 Å². The van der Waals surface area contributed by atoms with Gasteiger partial charge in [-0.2, -0.15) is 0 Å². The third kappa shape index (κ3) is 3.66. The maximum atomic E-state index is 11.3. The van der Waals surface area contributed by atoms with E-state index in [1.54, 1.807) is 0 Å². The molecule has 1 aromatic rings. The Morgan fingerprint density at radius 1 is 1.25 bits per heavy atom. The molecule has 1 amide bonds. The second kappa shape index (κ2) is 5.12. The van der Waals surface area contributed by atoms with Gasteiger partial charge in [0.25, 0.3) is 0 Å². The van der Waals surface area contributed by atoms with Gasteiger partial charge in [-0.1, -0.05) is 45.0 Å². The Balaban J connectivity index is 2.69. The standard InChI is InChI=1S/C13H19NO2/c1-13(2,3)11-7-5-10(6-8-11)9-12(15)14-16-4/h5-8H,9H2,1-4H3,(H,14,15). The lowest BCUT2D eigenvalue weighted by Crippen LogP contribution is -2.23. The normalized spacial score (nSPS) is 11.2. The lowest BCUT2D eigenvalue weighted by Gasteiger charge is -2.19. The number of hydroxylamine groups is 1. The Labute approximate surface area is 96.8 Å². The Morgan fingerprint density at radius 3 is 2.25 bits per heavy atom. The first-order valence-electron chi connectivity index (χ1n) is 5.34. The van der Waals surface area contributed by atoms with Crippen molar-refractivity contribution >= 4 is 5.91 Å². The van der Waals surface area contributed by atoms with Crippen LogP contribution in [0.25, 0.3) is 0 Å². The summed E-state index contributed by atoms with van der Waals surface area (Å²) in [6.45, 7) is 6.50. The second-order valence-corrected chi connectivity index (χ2v) is 4.85. The van der Waals surface area contributed by atoms with Gasteiger partial charge >= 0.3 is 0 Å². The molecular weight excluding hydrogens is 202 g/mol. The molecule has 0 unspecified atom stereocenters. The number of hydrogen-bond acceptors (Lipinski definition) is 2. The van der Waals surface area contributed by atoms with Crippen LogP contribution < -0.4 is 5.48 Å². The maximum absolute atomic E-state index is 11.3. The van der Waals surface area contributed by atoms with E-state index in [0.717, 1.165) is 5.56 Å². The summed E-state index contributed by atoms with van der Waals surface area (Å²) in [6.07, 6.45) is 0.345. The minimum atomic E-state index is -0.133. The molecule has 0 aromatic heterocycles. The Morgan fingerprint density at radius 2 is 1.81 bits per heavy atom. The number of amides is 1. The molecule has 0 aliphatic rings. The van der Waals surface area contributed by atoms with Gasteiger partial charge in [-0.3, -0.25) is 9.63 Å². The molecule has 3 heteroatoms. The van der Waals surface area contributed by atoms with Crippen LogP contribution in [0.2, 0.25) is 0 Å². The summed E-state index contributed by atoms with van der Waals surface area (Å²) in [7, 11) is 1.43. The smallest absolute Gasteiger partial charge is 0.247 e. The number of nitrogens with one attached hydrogen (secondary N) is 1. The lowest BCUT2D eigenvalue weighted by atomic mass is 9.86. The van der Waals surface area contributed by atoms with Gasteiger partial charge in [0.15, 0.2) is 0 Å². The molecule has 1 rings (SSSR count). The molecule has 1 N–H and O–H groups in total. The number of carbonyl (C=O) groups excluding carboxylic acids is 1. The highest BCUT2D eigenvalue weighted by Crippen LogP contribution is 2.22. The fourth-order valence-corrected chi connectivity index (χ4v) is 1.46.